The summed E-state index contributed by atoms with van der Waals surface area (Å²) in [6.07, 6.45) is 12.4. The number of esters is 1. The van der Waals surface area contributed by atoms with E-state index >= 15 is 0 Å². The monoisotopic (exact) mass is 986 g/mol. The maximum absolute atomic E-state index is 14.5. The van der Waals surface area contributed by atoms with Crippen molar-refractivity contribution in [2.45, 2.75) is 187 Å². The number of hydrogen-bond acceptors (Lipinski definition) is 14. The van der Waals surface area contributed by atoms with Gasteiger partial charge in [0.25, 0.3) is 11.7 Å². The van der Waals surface area contributed by atoms with Crippen LogP contribution in [-0.2, 0) is 57.1 Å². The molecule has 1 amide bonds. The number of allylic oxidation sites excluding steroid dienone is 6. The number of aliphatic hydroxyl groups excluding tert-OH is 1. The lowest BCUT2D eigenvalue weighted by Crippen LogP contribution is -2.61. The van der Waals surface area contributed by atoms with E-state index in [1.807, 2.05) is 65.0 Å². The second-order valence-corrected chi connectivity index (χ2v) is 20.6. The molecule has 15 nitrogen and oxygen atoms in total. The Morgan fingerprint density at radius 1 is 0.843 bits per heavy atom. The summed E-state index contributed by atoms with van der Waals surface area (Å²) in [7, 11) is 4.64. The number of amides is 1. The standard InChI is InChI=1S/C55H87NO14/c1-12-67-26-27-68-45-24-22-41(31-48(45)65-10)30-37(5)47-33-44(57)36(4)29-39(7)50(59)51(66-11)49(58)38(6)28-34(2)18-14-13-15-19-35(3)46(64-9)32-42-23-21-40(8)55(63,70-42)52(60)53(61)56-25-17-16-20-43(56)54(62)69-47/h13-15,18-19,29,34,36-38,40-43,45-48,50-51,59,63H,12,16-17,20-28,30-33H2,1-11H3/t34-,36-,37-,38-,40-,41+,42+,43+,45-,46+,47+,48-,50-,51+,55-/m1/s1. The molecule has 0 radical (unpaired) electrons. The lowest BCUT2D eigenvalue weighted by atomic mass is 9.78. The average Bonchev–Trinajstić information content (AvgIpc) is 3.34. The van der Waals surface area contributed by atoms with Crippen LogP contribution in [0.15, 0.2) is 47.6 Å². The quantitative estimate of drug-likeness (QED) is 0.0911. The number of Topliss-reactive ketones (excluding diaryl/α,β-unsaturated/α-hetero) is 3. The van der Waals surface area contributed by atoms with Crippen LogP contribution < -0.4 is 0 Å². The van der Waals surface area contributed by atoms with Crippen molar-refractivity contribution < 1.29 is 67.3 Å². The summed E-state index contributed by atoms with van der Waals surface area (Å²) in [5, 5.41) is 23.5. The van der Waals surface area contributed by atoms with Crippen molar-refractivity contribution in [2.75, 3.05) is 47.7 Å². The largest absolute Gasteiger partial charge is 0.460 e. The number of methoxy groups -OCH3 is 3. The summed E-state index contributed by atoms with van der Waals surface area (Å²) in [6, 6.07) is -1.14. The van der Waals surface area contributed by atoms with Gasteiger partial charge in [0.15, 0.2) is 5.78 Å². The molecule has 2 bridgehead atoms. The molecule has 0 aromatic carbocycles. The van der Waals surface area contributed by atoms with E-state index in [0.717, 1.165) is 18.4 Å². The smallest absolute Gasteiger partial charge is 0.329 e. The van der Waals surface area contributed by atoms with Gasteiger partial charge in [-0.05, 0) is 114 Å². The molecule has 1 aliphatic carbocycles. The number of carbonyl (C=O) groups is 5. The second-order valence-electron chi connectivity index (χ2n) is 20.6. The predicted molar refractivity (Wildman–Crippen MR) is 265 cm³/mol. The average molecular weight is 986 g/mol. The number of aliphatic hydroxyl groups is 2. The van der Waals surface area contributed by atoms with Gasteiger partial charge in [0.2, 0.25) is 5.79 Å². The number of ether oxygens (including phenoxy) is 7. The lowest BCUT2D eigenvalue weighted by Gasteiger charge is -2.42. The maximum atomic E-state index is 14.5. The molecule has 396 valence electrons. The van der Waals surface area contributed by atoms with Gasteiger partial charge < -0.3 is 48.3 Å². The van der Waals surface area contributed by atoms with Crippen molar-refractivity contribution in [2.24, 2.45) is 35.5 Å². The maximum Gasteiger partial charge on any atom is 0.329 e. The van der Waals surface area contributed by atoms with Crippen molar-refractivity contribution in [3.8, 4) is 0 Å². The molecule has 0 unspecified atom stereocenters. The van der Waals surface area contributed by atoms with Crippen LogP contribution in [0.25, 0.3) is 0 Å². The first-order valence-corrected chi connectivity index (χ1v) is 26.0. The van der Waals surface area contributed by atoms with Crippen LogP contribution in [0.1, 0.15) is 132 Å². The summed E-state index contributed by atoms with van der Waals surface area (Å²) in [5.41, 5.74) is 1.28. The zero-order chi connectivity index (χ0) is 51.7. The second kappa shape index (κ2) is 28.7. The normalized spacial score (nSPS) is 36.0. The number of cyclic esters (lactones) is 1. The highest BCUT2D eigenvalue weighted by Crippen LogP contribution is 2.38. The lowest BCUT2D eigenvalue weighted by molar-refractivity contribution is -0.265. The first kappa shape index (κ1) is 59.2. The van der Waals surface area contributed by atoms with Crippen LogP contribution in [0.2, 0.25) is 0 Å². The van der Waals surface area contributed by atoms with Crippen LogP contribution in [0.5, 0.6) is 0 Å². The number of nitrogens with zero attached hydrogens (tertiary/aromatic N) is 1. The minimum absolute atomic E-state index is 0.0195. The van der Waals surface area contributed by atoms with Gasteiger partial charge in [0.05, 0.1) is 37.6 Å². The van der Waals surface area contributed by atoms with Crippen molar-refractivity contribution >= 4 is 29.2 Å². The third-order valence-corrected chi connectivity index (χ3v) is 15.2. The molecule has 2 N–H and O–H groups in total. The first-order valence-electron chi connectivity index (χ1n) is 26.0. The number of carbonyl (C=O) groups excluding carboxylic acids is 5. The summed E-state index contributed by atoms with van der Waals surface area (Å²) in [6.45, 7) is 16.4. The fourth-order valence-electron chi connectivity index (χ4n) is 10.7. The predicted octanol–water partition coefficient (Wildman–Crippen LogP) is 7.24. The summed E-state index contributed by atoms with van der Waals surface area (Å²) < 4.78 is 41.5. The van der Waals surface area contributed by atoms with E-state index in [2.05, 4.69) is 0 Å². The molecule has 4 rings (SSSR count). The SMILES string of the molecule is CCOCCO[C@@H]1CC[C@@H](C[C@@H](C)[C@@H]2CC(=O)[C@H](C)C=C(C)[C@@H](O)[C@@H](OC)C(=O)[C@H](C)C[C@H](C)C=CC=CC=C(C)[C@@H](OC)C[C@@H]3CC[C@@H](C)[C@@](O)(O3)C(=O)C(=O)N3CCCC[C@H]3C(=O)O2)C[C@H]1OC. The van der Waals surface area contributed by atoms with E-state index in [9.17, 15) is 34.2 Å². The molecule has 70 heavy (non-hydrogen) atoms. The Morgan fingerprint density at radius 2 is 1.59 bits per heavy atom. The highest BCUT2D eigenvalue weighted by atomic mass is 16.6. The van der Waals surface area contributed by atoms with Crippen LogP contribution in [0.4, 0.5) is 0 Å². The molecular formula is C55H87NO14. The summed E-state index contributed by atoms with van der Waals surface area (Å²) in [4.78, 5) is 72.4. The van der Waals surface area contributed by atoms with Crippen LogP contribution in [0.3, 0.4) is 0 Å². The van der Waals surface area contributed by atoms with Crippen molar-refractivity contribution in [3.05, 3.63) is 47.6 Å². The van der Waals surface area contributed by atoms with Gasteiger partial charge in [-0.3, -0.25) is 19.2 Å². The summed E-state index contributed by atoms with van der Waals surface area (Å²) >= 11 is 0. The highest BCUT2D eigenvalue weighted by Gasteiger charge is 2.53. The molecular weight excluding hydrogens is 899 g/mol. The molecule has 3 aliphatic heterocycles. The Labute approximate surface area is 418 Å². The zero-order valence-electron chi connectivity index (χ0n) is 44.1. The van der Waals surface area contributed by atoms with Crippen molar-refractivity contribution in [3.63, 3.8) is 0 Å². The fourth-order valence-corrected chi connectivity index (χ4v) is 10.7. The van der Waals surface area contributed by atoms with Crippen LogP contribution in [0, 0.1) is 35.5 Å². The van der Waals surface area contributed by atoms with Gasteiger partial charge in [-0.2, -0.15) is 0 Å². The Kier molecular flexibility index (Phi) is 24.3. The van der Waals surface area contributed by atoms with Gasteiger partial charge in [0.1, 0.15) is 30.1 Å². The fraction of sp³-hybridized carbons (Fsp3) is 0.764. The number of ketones is 3. The zero-order valence-corrected chi connectivity index (χ0v) is 44.1. The molecule has 15 heteroatoms. The number of hydrogen-bond donors (Lipinski definition) is 2. The molecule has 3 fully saturated rings. The van der Waals surface area contributed by atoms with E-state index in [1.54, 1.807) is 41.1 Å². The van der Waals surface area contributed by atoms with Crippen LogP contribution in [-0.4, -0.2) is 147 Å². The molecule has 15 atom stereocenters. The third kappa shape index (κ3) is 16.3. The first-order chi connectivity index (χ1) is 33.3. The van der Waals surface area contributed by atoms with E-state index in [-0.39, 0.29) is 60.9 Å². The van der Waals surface area contributed by atoms with E-state index in [1.165, 1.54) is 12.0 Å². The van der Waals surface area contributed by atoms with Gasteiger partial charge in [-0.25, -0.2) is 4.79 Å². The Balaban J connectivity index is 1.68. The number of piperidine rings is 1. The molecule has 0 aromatic heterocycles. The van der Waals surface area contributed by atoms with Gasteiger partial charge in [-0.1, -0.05) is 71.1 Å². The molecule has 2 saturated heterocycles. The highest BCUT2D eigenvalue weighted by molar-refractivity contribution is 6.39. The van der Waals surface area contributed by atoms with E-state index < -0.39 is 77.8 Å². The minimum atomic E-state index is -2.43. The molecule has 0 aromatic rings. The number of rotatable bonds is 11. The molecule has 4 aliphatic rings. The summed E-state index contributed by atoms with van der Waals surface area (Å²) in [5.74, 6) is -7.83. The Morgan fingerprint density at radius 3 is 2.27 bits per heavy atom. The molecule has 3 heterocycles. The van der Waals surface area contributed by atoms with Crippen LogP contribution >= 0.6 is 0 Å². The molecule has 1 saturated carbocycles. The topological polar surface area (TPSA) is 194 Å². The van der Waals surface area contributed by atoms with Crippen molar-refractivity contribution in [1.82, 2.24) is 4.90 Å². The van der Waals surface area contributed by atoms with Crippen molar-refractivity contribution in [1.29, 1.82) is 0 Å². The third-order valence-electron chi connectivity index (χ3n) is 15.2. The van der Waals surface area contributed by atoms with Gasteiger partial charge >= 0.3 is 5.97 Å². The number of fused-ring (bicyclic) bond motifs is 3. The van der Waals surface area contributed by atoms with Gasteiger partial charge in [-0.15, -0.1) is 0 Å². The minimum Gasteiger partial charge on any atom is -0.460 e. The van der Waals surface area contributed by atoms with E-state index in [0.29, 0.717) is 76.8 Å². The van der Waals surface area contributed by atoms with E-state index in [4.69, 9.17) is 33.2 Å². The van der Waals surface area contributed by atoms with Gasteiger partial charge in [0, 0.05) is 65.1 Å². The molecule has 0 spiro atoms. The Bertz CT molecular complexity index is 1840. The Hall–Kier alpha value is -3.41.